The SMILES string of the molecule is CC1(C)CC(=O)C2=C(C1)N(C[C@H]1CCCO1)C(=O)[C@]2(NC(=O)c1ccc(Cl)cc1)C(F)(F)F. The number of rotatable bonds is 4. The van der Waals surface area contributed by atoms with Gasteiger partial charge in [-0.25, -0.2) is 0 Å². The van der Waals surface area contributed by atoms with E-state index in [1.165, 1.54) is 24.3 Å². The number of carbonyl (C=O) groups is 3. The second-order valence-corrected chi connectivity index (χ2v) is 9.96. The van der Waals surface area contributed by atoms with Gasteiger partial charge in [-0.2, -0.15) is 13.2 Å². The van der Waals surface area contributed by atoms with Crippen LogP contribution >= 0.6 is 11.6 Å². The third-order valence-corrected chi connectivity index (χ3v) is 6.61. The van der Waals surface area contributed by atoms with Crippen molar-refractivity contribution in [3.8, 4) is 0 Å². The molecule has 1 saturated heterocycles. The molecule has 0 aromatic heterocycles. The van der Waals surface area contributed by atoms with Gasteiger partial charge in [0.15, 0.2) is 5.78 Å². The van der Waals surface area contributed by atoms with Gasteiger partial charge in [-0.15, -0.1) is 0 Å². The summed E-state index contributed by atoms with van der Waals surface area (Å²) in [5.74, 6) is -3.29. The summed E-state index contributed by atoms with van der Waals surface area (Å²) in [7, 11) is 0. The highest BCUT2D eigenvalue weighted by Gasteiger charge is 2.71. The first kappa shape index (κ1) is 23.8. The molecule has 0 saturated carbocycles. The van der Waals surface area contributed by atoms with Crippen LogP contribution in [0, 0.1) is 5.41 Å². The zero-order valence-electron chi connectivity index (χ0n) is 18.2. The number of carbonyl (C=O) groups excluding carboxylic acids is 3. The van der Waals surface area contributed by atoms with Crippen LogP contribution in [0.5, 0.6) is 0 Å². The largest absolute Gasteiger partial charge is 0.425 e. The number of nitrogens with zero attached hydrogens (tertiary/aromatic N) is 1. The standard InChI is InChI=1S/C23H24ClF3N2O4/c1-21(2)10-16-18(17(30)11-21)22(23(25,26)27,20(32)29(16)12-15-4-3-9-33-15)28-19(31)13-5-7-14(24)8-6-13/h5-8,15H,3-4,9-12H2,1-2H3,(H,28,31)/t15-,22+/m1/s1. The summed E-state index contributed by atoms with van der Waals surface area (Å²) in [5, 5.41) is 2.21. The van der Waals surface area contributed by atoms with Gasteiger partial charge in [0.05, 0.1) is 18.2 Å². The van der Waals surface area contributed by atoms with Crippen molar-refractivity contribution in [3.05, 3.63) is 46.1 Å². The predicted molar refractivity (Wildman–Crippen MR) is 113 cm³/mol. The molecule has 2 aliphatic heterocycles. The Labute approximate surface area is 194 Å². The molecule has 1 aromatic carbocycles. The monoisotopic (exact) mass is 484 g/mol. The first-order valence-electron chi connectivity index (χ1n) is 10.7. The summed E-state index contributed by atoms with van der Waals surface area (Å²) >= 11 is 5.81. The molecule has 6 nitrogen and oxygen atoms in total. The maximum Gasteiger partial charge on any atom is 0.425 e. The van der Waals surface area contributed by atoms with E-state index in [0.717, 1.165) is 11.3 Å². The van der Waals surface area contributed by atoms with Crippen molar-refractivity contribution in [1.82, 2.24) is 10.2 Å². The Hall–Kier alpha value is -2.39. The Morgan fingerprint density at radius 2 is 1.88 bits per heavy atom. The molecule has 3 aliphatic rings. The van der Waals surface area contributed by atoms with Gasteiger partial charge < -0.3 is 15.0 Å². The Bertz CT molecular complexity index is 1030. The van der Waals surface area contributed by atoms with Crippen LogP contribution in [0.1, 0.15) is 49.9 Å². The number of amides is 2. The Morgan fingerprint density at radius 3 is 2.45 bits per heavy atom. The summed E-state index contributed by atoms with van der Waals surface area (Å²) < 4.78 is 49.7. The van der Waals surface area contributed by atoms with Gasteiger partial charge >= 0.3 is 6.18 Å². The molecule has 33 heavy (non-hydrogen) atoms. The van der Waals surface area contributed by atoms with E-state index in [-0.39, 0.29) is 30.6 Å². The Balaban J connectivity index is 1.83. The minimum atomic E-state index is -5.24. The lowest BCUT2D eigenvalue weighted by Gasteiger charge is -2.35. The van der Waals surface area contributed by atoms with Gasteiger partial charge in [-0.1, -0.05) is 25.4 Å². The van der Waals surface area contributed by atoms with Gasteiger partial charge in [0.2, 0.25) is 5.54 Å². The van der Waals surface area contributed by atoms with Crippen LogP contribution in [0.4, 0.5) is 13.2 Å². The smallest absolute Gasteiger partial charge is 0.376 e. The minimum absolute atomic E-state index is 0.0190. The fraction of sp³-hybridized carbons (Fsp3) is 0.522. The second-order valence-electron chi connectivity index (χ2n) is 9.52. The lowest BCUT2D eigenvalue weighted by Crippen LogP contribution is -2.66. The predicted octanol–water partition coefficient (Wildman–Crippen LogP) is 4.04. The number of ether oxygens (including phenoxy) is 1. The van der Waals surface area contributed by atoms with Crippen LogP contribution in [-0.2, 0) is 14.3 Å². The lowest BCUT2D eigenvalue weighted by molar-refractivity contribution is -0.191. The molecule has 2 amide bonds. The minimum Gasteiger partial charge on any atom is -0.376 e. The quantitative estimate of drug-likeness (QED) is 0.700. The van der Waals surface area contributed by atoms with Crippen LogP contribution in [-0.4, -0.2) is 53.5 Å². The Kier molecular flexibility index (Phi) is 5.85. The maximum absolute atomic E-state index is 14.7. The summed E-state index contributed by atoms with van der Waals surface area (Å²) in [6, 6.07) is 5.23. The fourth-order valence-electron chi connectivity index (χ4n) is 4.85. The Morgan fingerprint density at radius 1 is 1.21 bits per heavy atom. The van der Waals surface area contributed by atoms with Crippen LogP contribution in [0.3, 0.4) is 0 Å². The van der Waals surface area contributed by atoms with Crippen molar-refractivity contribution in [2.45, 2.75) is 57.3 Å². The molecule has 0 spiro atoms. The van der Waals surface area contributed by atoms with Gasteiger partial charge in [0.1, 0.15) is 0 Å². The molecule has 2 heterocycles. The number of hydrogen-bond acceptors (Lipinski definition) is 4. The number of ketones is 1. The van der Waals surface area contributed by atoms with Gasteiger partial charge in [-0.05, 0) is 48.9 Å². The number of Topliss-reactive ketones (excluding diaryl/α,β-unsaturated/α-hetero) is 1. The van der Waals surface area contributed by atoms with Gasteiger partial charge in [0, 0.05) is 29.3 Å². The van der Waals surface area contributed by atoms with Crippen molar-refractivity contribution in [1.29, 1.82) is 0 Å². The highest BCUT2D eigenvalue weighted by atomic mass is 35.5. The van der Waals surface area contributed by atoms with E-state index in [1.54, 1.807) is 13.8 Å². The molecule has 178 valence electrons. The molecular weight excluding hydrogens is 461 g/mol. The third-order valence-electron chi connectivity index (χ3n) is 6.36. The van der Waals surface area contributed by atoms with Gasteiger partial charge in [-0.3, -0.25) is 14.4 Å². The molecule has 1 aromatic rings. The molecule has 2 atom stereocenters. The fourth-order valence-corrected chi connectivity index (χ4v) is 4.98. The molecule has 0 unspecified atom stereocenters. The number of allylic oxidation sites excluding steroid dienone is 1. The zero-order chi connectivity index (χ0) is 24.2. The van der Waals surface area contributed by atoms with Crippen LogP contribution in [0.15, 0.2) is 35.5 Å². The van der Waals surface area contributed by atoms with E-state index in [2.05, 4.69) is 0 Å². The van der Waals surface area contributed by atoms with Crippen LogP contribution in [0.2, 0.25) is 5.02 Å². The summed E-state index contributed by atoms with van der Waals surface area (Å²) in [4.78, 5) is 40.5. The maximum atomic E-state index is 14.7. The average molecular weight is 485 g/mol. The summed E-state index contributed by atoms with van der Waals surface area (Å²) in [6.07, 6.45) is -4.41. The molecular formula is C23H24ClF3N2O4. The molecule has 0 radical (unpaired) electrons. The van der Waals surface area contributed by atoms with E-state index in [9.17, 15) is 27.6 Å². The molecule has 10 heteroatoms. The van der Waals surface area contributed by atoms with Gasteiger partial charge in [0.25, 0.3) is 11.8 Å². The van der Waals surface area contributed by atoms with Crippen LogP contribution < -0.4 is 5.32 Å². The number of alkyl halides is 3. The number of nitrogens with one attached hydrogen (secondary N) is 1. The van der Waals surface area contributed by atoms with Crippen molar-refractivity contribution in [2.24, 2.45) is 5.41 Å². The molecule has 4 rings (SSSR count). The average Bonchev–Trinajstić information content (AvgIpc) is 3.29. The first-order valence-corrected chi connectivity index (χ1v) is 11.1. The van der Waals surface area contributed by atoms with Crippen molar-refractivity contribution >= 4 is 29.2 Å². The molecule has 1 aliphatic carbocycles. The van der Waals surface area contributed by atoms with Crippen molar-refractivity contribution in [3.63, 3.8) is 0 Å². The van der Waals surface area contributed by atoms with Crippen molar-refractivity contribution in [2.75, 3.05) is 13.2 Å². The lowest BCUT2D eigenvalue weighted by atomic mass is 9.72. The van der Waals surface area contributed by atoms with E-state index < -0.39 is 46.4 Å². The molecule has 0 bridgehead atoms. The molecule has 1 fully saturated rings. The zero-order valence-corrected chi connectivity index (χ0v) is 19.0. The van der Waals surface area contributed by atoms with Crippen LogP contribution in [0.25, 0.3) is 0 Å². The summed E-state index contributed by atoms with van der Waals surface area (Å²) in [6.45, 7) is 3.89. The number of benzene rings is 1. The first-order chi connectivity index (χ1) is 15.4. The highest BCUT2D eigenvalue weighted by Crippen LogP contribution is 2.52. The van der Waals surface area contributed by atoms with E-state index in [0.29, 0.717) is 18.1 Å². The summed E-state index contributed by atoms with van der Waals surface area (Å²) in [5.41, 5.74) is -4.86. The number of halogens is 4. The topological polar surface area (TPSA) is 75.7 Å². The van der Waals surface area contributed by atoms with Crippen molar-refractivity contribution < 1.29 is 32.3 Å². The highest BCUT2D eigenvalue weighted by molar-refractivity contribution is 6.30. The van der Waals surface area contributed by atoms with E-state index >= 15 is 0 Å². The van der Waals surface area contributed by atoms with E-state index in [4.69, 9.17) is 16.3 Å². The third kappa shape index (κ3) is 4.05. The number of hydrogen-bond donors (Lipinski definition) is 1. The normalized spacial score (nSPS) is 27.2. The molecule has 1 N–H and O–H groups in total. The van der Waals surface area contributed by atoms with E-state index in [1.807, 2.05) is 5.32 Å². The second kappa shape index (κ2) is 8.13.